The lowest BCUT2D eigenvalue weighted by atomic mass is 9.87. The number of amides is 2. The summed E-state index contributed by atoms with van der Waals surface area (Å²) in [7, 11) is 0. The second kappa shape index (κ2) is 9.83. The number of ether oxygens (including phenoxy) is 2. The third-order valence-electron chi connectivity index (χ3n) is 8.65. The lowest BCUT2D eigenvalue weighted by molar-refractivity contribution is -0.0291. The SMILES string of the molecule is CCc1c(Cl)[nH]c2ncc(-c3cc4c(c([C@@H]5COCCN5)c3)CN(C(=O)N3CC5CCC(C3)O5)CC4)cc12. The molecule has 4 aliphatic heterocycles. The van der Waals surface area contributed by atoms with Gasteiger partial charge in [0, 0.05) is 49.9 Å². The number of likely N-dealkylation sites (tertiary alicyclic amines) is 1. The number of carbonyl (C=O) groups excluding carboxylic acids is 1. The molecular weight excluding hydrogens is 502 g/mol. The number of rotatable bonds is 3. The molecule has 200 valence electrons. The molecule has 6 heterocycles. The van der Waals surface area contributed by atoms with E-state index in [2.05, 4.69) is 35.4 Å². The highest BCUT2D eigenvalue weighted by molar-refractivity contribution is 6.31. The highest BCUT2D eigenvalue weighted by Crippen LogP contribution is 2.36. The molecule has 2 aromatic heterocycles. The molecule has 8 nitrogen and oxygen atoms in total. The number of nitrogens with one attached hydrogen (secondary N) is 2. The molecule has 4 aliphatic rings. The Bertz CT molecular complexity index is 1370. The summed E-state index contributed by atoms with van der Waals surface area (Å²) in [6, 6.07) is 7.01. The van der Waals surface area contributed by atoms with Gasteiger partial charge in [-0.1, -0.05) is 24.6 Å². The zero-order chi connectivity index (χ0) is 25.8. The van der Waals surface area contributed by atoms with E-state index >= 15 is 0 Å². The Hall–Kier alpha value is -2.65. The van der Waals surface area contributed by atoms with E-state index in [0.717, 1.165) is 73.1 Å². The summed E-state index contributed by atoms with van der Waals surface area (Å²) < 4.78 is 11.8. The Kier molecular flexibility index (Phi) is 6.31. The van der Waals surface area contributed by atoms with Crippen molar-refractivity contribution in [1.82, 2.24) is 25.1 Å². The lowest BCUT2D eigenvalue weighted by Crippen LogP contribution is -2.52. The summed E-state index contributed by atoms with van der Waals surface area (Å²) in [5.74, 6) is 0. The number of urea groups is 1. The maximum absolute atomic E-state index is 13.6. The number of benzene rings is 1. The predicted molar refractivity (Wildman–Crippen MR) is 146 cm³/mol. The van der Waals surface area contributed by atoms with Gasteiger partial charge in [0.25, 0.3) is 0 Å². The number of morpholine rings is 2. The molecule has 3 fully saturated rings. The molecule has 0 spiro atoms. The maximum atomic E-state index is 13.6. The van der Waals surface area contributed by atoms with Gasteiger partial charge in [-0.3, -0.25) is 0 Å². The zero-order valence-electron chi connectivity index (χ0n) is 21.8. The van der Waals surface area contributed by atoms with Crippen molar-refractivity contribution in [2.75, 3.05) is 39.4 Å². The van der Waals surface area contributed by atoms with Gasteiger partial charge in [0.1, 0.15) is 10.8 Å². The van der Waals surface area contributed by atoms with Crippen LogP contribution >= 0.6 is 11.6 Å². The molecule has 1 aromatic carbocycles. The van der Waals surface area contributed by atoms with Gasteiger partial charge in [-0.25, -0.2) is 9.78 Å². The fourth-order valence-electron chi connectivity index (χ4n) is 6.67. The highest BCUT2D eigenvalue weighted by Gasteiger charge is 2.38. The molecule has 3 aromatic rings. The summed E-state index contributed by atoms with van der Waals surface area (Å²) in [6.45, 7) is 7.04. The number of hydrogen-bond acceptors (Lipinski definition) is 5. The van der Waals surface area contributed by atoms with Gasteiger partial charge in [0.15, 0.2) is 0 Å². The van der Waals surface area contributed by atoms with Gasteiger partial charge in [-0.2, -0.15) is 0 Å². The first-order chi connectivity index (χ1) is 18.6. The molecule has 0 aliphatic carbocycles. The summed E-state index contributed by atoms with van der Waals surface area (Å²) in [5.41, 5.74) is 7.92. The highest BCUT2D eigenvalue weighted by atomic mass is 35.5. The Balaban J connectivity index is 1.24. The van der Waals surface area contributed by atoms with Crippen molar-refractivity contribution in [3.63, 3.8) is 0 Å². The number of H-pyrrole nitrogens is 1. The number of aromatic nitrogens is 2. The van der Waals surface area contributed by atoms with Gasteiger partial charge in [0.2, 0.25) is 0 Å². The first-order valence-corrected chi connectivity index (χ1v) is 14.3. The van der Waals surface area contributed by atoms with Gasteiger partial charge >= 0.3 is 6.03 Å². The van der Waals surface area contributed by atoms with E-state index in [0.29, 0.717) is 31.4 Å². The van der Waals surface area contributed by atoms with E-state index in [1.165, 1.54) is 16.7 Å². The van der Waals surface area contributed by atoms with Gasteiger partial charge in [0.05, 0.1) is 31.5 Å². The van der Waals surface area contributed by atoms with Crippen molar-refractivity contribution in [2.24, 2.45) is 0 Å². The van der Waals surface area contributed by atoms with Crippen molar-refractivity contribution in [3.05, 3.63) is 51.8 Å². The van der Waals surface area contributed by atoms with Crippen molar-refractivity contribution in [2.45, 2.75) is 57.4 Å². The first kappa shape index (κ1) is 24.4. The number of carbonyl (C=O) groups is 1. The molecule has 9 heteroatoms. The molecule has 0 saturated carbocycles. The second-order valence-corrected chi connectivity index (χ2v) is 11.4. The van der Waals surface area contributed by atoms with Crippen LogP contribution in [0.4, 0.5) is 4.79 Å². The van der Waals surface area contributed by atoms with Crippen LogP contribution in [0.2, 0.25) is 5.15 Å². The second-order valence-electron chi connectivity index (χ2n) is 11.0. The Labute approximate surface area is 227 Å². The molecule has 2 N–H and O–H groups in total. The number of hydrogen-bond donors (Lipinski definition) is 2. The van der Waals surface area contributed by atoms with Crippen LogP contribution < -0.4 is 5.32 Å². The Morgan fingerprint density at radius 1 is 1.16 bits per heavy atom. The van der Waals surface area contributed by atoms with Crippen LogP contribution in [0.5, 0.6) is 0 Å². The minimum Gasteiger partial charge on any atom is -0.378 e. The van der Waals surface area contributed by atoms with E-state index in [1.54, 1.807) is 0 Å². The van der Waals surface area contributed by atoms with Crippen LogP contribution in [0.25, 0.3) is 22.2 Å². The van der Waals surface area contributed by atoms with Crippen molar-refractivity contribution in [1.29, 1.82) is 0 Å². The summed E-state index contributed by atoms with van der Waals surface area (Å²) >= 11 is 6.44. The van der Waals surface area contributed by atoms with Crippen LogP contribution in [0.3, 0.4) is 0 Å². The van der Waals surface area contributed by atoms with Crippen LogP contribution in [0.1, 0.15) is 48.1 Å². The normalized spacial score (nSPS) is 25.2. The standard InChI is InChI=1S/C29H34ClN5O3/c1-2-22-24-11-19(12-32-28(24)33-27(22)30)18-9-17-5-7-34(29(36)35-13-20-3-4-21(14-35)38-20)15-25(17)23(10-18)26-16-37-8-6-31-26/h9-12,20-21,26,31H,2-8,13-16H2,1H3,(H,32,33)/t20?,21?,26-/m0/s1. The predicted octanol–water partition coefficient (Wildman–Crippen LogP) is 4.45. The number of nitrogens with zero attached hydrogens (tertiary/aromatic N) is 3. The quantitative estimate of drug-likeness (QED) is 0.518. The first-order valence-electron chi connectivity index (χ1n) is 13.9. The van der Waals surface area contributed by atoms with Crippen molar-refractivity contribution >= 4 is 28.7 Å². The molecule has 2 bridgehead atoms. The van der Waals surface area contributed by atoms with Gasteiger partial charge < -0.3 is 29.6 Å². The fraction of sp³-hybridized carbons (Fsp3) is 0.517. The van der Waals surface area contributed by atoms with Crippen molar-refractivity contribution < 1.29 is 14.3 Å². The van der Waals surface area contributed by atoms with Crippen LogP contribution in [0, 0.1) is 0 Å². The Morgan fingerprint density at radius 3 is 2.76 bits per heavy atom. The van der Waals surface area contributed by atoms with E-state index < -0.39 is 0 Å². The number of aromatic amines is 1. The van der Waals surface area contributed by atoms with E-state index in [-0.39, 0.29) is 24.3 Å². The van der Waals surface area contributed by atoms with Gasteiger partial charge in [-0.15, -0.1) is 0 Å². The zero-order valence-corrected chi connectivity index (χ0v) is 22.5. The largest absolute Gasteiger partial charge is 0.378 e. The molecule has 7 rings (SSSR count). The maximum Gasteiger partial charge on any atom is 0.320 e. The van der Waals surface area contributed by atoms with E-state index in [1.807, 2.05) is 16.0 Å². The molecule has 3 saturated heterocycles. The molecule has 3 atom stereocenters. The van der Waals surface area contributed by atoms with Gasteiger partial charge in [-0.05, 0) is 65.6 Å². The lowest BCUT2D eigenvalue weighted by Gasteiger charge is -2.39. The topological polar surface area (TPSA) is 82.7 Å². The number of aryl methyl sites for hydroxylation is 1. The Morgan fingerprint density at radius 2 is 2.00 bits per heavy atom. The molecule has 38 heavy (non-hydrogen) atoms. The minimum atomic E-state index is 0.0938. The summed E-state index contributed by atoms with van der Waals surface area (Å²) in [4.78, 5) is 25.5. The molecular formula is C29H34ClN5O3. The minimum absolute atomic E-state index is 0.0938. The van der Waals surface area contributed by atoms with E-state index in [9.17, 15) is 4.79 Å². The number of halogens is 1. The molecule has 2 amide bonds. The third kappa shape index (κ3) is 4.28. The monoisotopic (exact) mass is 535 g/mol. The van der Waals surface area contributed by atoms with E-state index in [4.69, 9.17) is 26.1 Å². The molecule has 0 radical (unpaired) electrons. The van der Waals surface area contributed by atoms with Crippen LogP contribution in [-0.4, -0.2) is 77.4 Å². The summed E-state index contributed by atoms with van der Waals surface area (Å²) in [5, 5.41) is 5.39. The fourth-order valence-corrected chi connectivity index (χ4v) is 7.00. The molecule has 2 unspecified atom stereocenters. The van der Waals surface area contributed by atoms with Crippen LogP contribution in [0.15, 0.2) is 24.4 Å². The average Bonchev–Trinajstić information content (AvgIpc) is 3.47. The van der Waals surface area contributed by atoms with Crippen molar-refractivity contribution in [3.8, 4) is 11.1 Å². The third-order valence-corrected chi connectivity index (χ3v) is 8.97. The summed E-state index contributed by atoms with van der Waals surface area (Å²) in [6.07, 6.45) is 6.13. The smallest absolute Gasteiger partial charge is 0.320 e. The number of fused-ring (bicyclic) bond motifs is 4. The average molecular weight is 536 g/mol. The van der Waals surface area contributed by atoms with Crippen LogP contribution in [-0.2, 0) is 28.9 Å². The number of pyridine rings is 1.